The van der Waals surface area contributed by atoms with Gasteiger partial charge in [-0.05, 0) is 31.5 Å². The Kier molecular flexibility index (Phi) is 3.34. The number of aromatic nitrogens is 1. The first-order valence-electron chi connectivity index (χ1n) is 6.55. The van der Waals surface area contributed by atoms with Crippen molar-refractivity contribution in [2.24, 2.45) is 0 Å². The van der Waals surface area contributed by atoms with Crippen LogP contribution in [0.5, 0.6) is 0 Å². The standard InChI is InChI=1S/C15H14ClFN2O/c1-9(20)12-7-13(16)11-3-2-5-18-14(11)15(12)19-6-4-10(17)8-19/h2-3,5,7,10H,4,6,8H2,1H3. The molecule has 104 valence electrons. The molecule has 1 aliphatic rings. The molecule has 0 bridgehead atoms. The molecule has 0 amide bonds. The fourth-order valence-electron chi connectivity index (χ4n) is 2.70. The first kappa shape index (κ1) is 13.3. The van der Waals surface area contributed by atoms with Gasteiger partial charge in [0.25, 0.3) is 0 Å². The molecule has 1 unspecified atom stereocenters. The van der Waals surface area contributed by atoms with Gasteiger partial charge in [-0.2, -0.15) is 0 Å². The number of Topliss-reactive ketones (excluding diaryl/α,β-unsaturated/α-hetero) is 1. The fraction of sp³-hybridized carbons (Fsp3) is 0.333. The van der Waals surface area contributed by atoms with E-state index in [-0.39, 0.29) is 5.78 Å². The van der Waals surface area contributed by atoms with Crippen LogP contribution in [-0.2, 0) is 0 Å². The van der Waals surface area contributed by atoms with Gasteiger partial charge in [0.1, 0.15) is 6.17 Å². The van der Waals surface area contributed by atoms with E-state index in [4.69, 9.17) is 11.6 Å². The monoisotopic (exact) mass is 292 g/mol. The zero-order chi connectivity index (χ0) is 14.3. The van der Waals surface area contributed by atoms with Crippen molar-refractivity contribution in [3.05, 3.63) is 35.0 Å². The van der Waals surface area contributed by atoms with E-state index in [0.29, 0.717) is 41.3 Å². The van der Waals surface area contributed by atoms with E-state index in [1.165, 1.54) is 6.92 Å². The molecule has 1 atom stereocenters. The van der Waals surface area contributed by atoms with Gasteiger partial charge in [0.05, 0.1) is 16.2 Å². The maximum absolute atomic E-state index is 13.5. The summed E-state index contributed by atoms with van der Waals surface area (Å²) in [6.45, 7) is 2.38. The van der Waals surface area contributed by atoms with Crippen molar-refractivity contribution in [2.45, 2.75) is 19.5 Å². The summed E-state index contributed by atoms with van der Waals surface area (Å²) >= 11 is 6.23. The zero-order valence-corrected chi connectivity index (χ0v) is 11.8. The van der Waals surface area contributed by atoms with Crippen LogP contribution < -0.4 is 4.90 Å². The molecular formula is C15H14ClFN2O. The maximum Gasteiger partial charge on any atom is 0.162 e. The Bertz CT molecular complexity index is 689. The number of fused-ring (bicyclic) bond motifs is 1. The molecule has 5 heteroatoms. The molecule has 3 nitrogen and oxygen atoms in total. The highest BCUT2D eigenvalue weighted by Crippen LogP contribution is 2.36. The van der Waals surface area contributed by atoms with Gasteiger partial charge >= 0.3 is 0 Å². The Morgan fingerprint density at radius 3 is 3.00 bits per heavy atom. The van der Waals surface area contributed by atoms with E-state index >= 15 is 0 Å². The fourth-order valence-corrected chi connectivity index (χ4v) is 2.96. The molecule has 0 radical (unpaired) electrons. The largest absolute Gasteiger partial charge is 0.366 e. The zero-order valence-electron chi connectivity index (χ0n) is 11.1. The molecule has 1 aliphatic heterocycles. The van der Waals surface area contributed by atoms with Crippen molar-refractivity contribution in [1.29, 1.82) is 0 Å². The lowest BCUT2D eigenvalue weighted by molar-refractivity contribution is 0.101. The first-order chi connectivity index (χ1) is 9.58. The predicted molar refractivity (Wildman–Crippen MR) is 78.5 cm³/mol. The molecule has 1 aromatic carbocycles. The van der Waals surface area contributed by atoms with Crippen molar-refractivity contribution in [1.82, 2.24) is 4.98 Å². The number of anilines is 1. The van der Waals surface area contributed by atoms with Crippen LogP contribution in [0.25, 0.3) is 10.9 Å². The van der Waals surface area contributed by atoms with Crippen molar-refractivity contribution in [2.75, 3.05) is 18.0 Å². The average Bonchev–Trinajstić information content (AvgIpc) is 2.85. The molecule has 1 aromatic heterocycles. The second-order valence-electron chi connectivity index (χ2n) is 5.04. The van der Waals surface area contributed by atoms with Crippen LogP contribution in [0.2, 0.25) is 5.02 Å². The lowest BCUT2D eigenvalue weighted by Gasteiger charge is -2.22. The number of nitrogens with zero attached hydrogens (tertiary/aromatic N) is 2. The Morgan fingerprint density at radius 1 is 1.55 bits per heavy atom. The van der Waals surface area contributed by atoms with Crippen molar-refractivity contribution in [3.63, 3.8) is 0 Å². The number of pyridine rings is 1. The van der Waals surface area contributed by atoms with E-state index in [1.54, 1.807) is 18.3 Å². The smallest absolute Gasteiger partial charge is 0.162 e. The normalized spacial score (nSPS) is 18.8. The van der Waals surface area contributed by atoms with Gasteiger partial charge in [0, 0.05) is 30.2 Å². The summed E-state index contributed by atoms with van der Waals surface area (Å²) in [5.74, 6) is -0.0863. The molecule has 0 saturated carbocycles. The number of hydrogen-bond donors (Lipinski definition) is 0. The highest BCUT2D eigenvalue weighted by molar-refractivity contribution is 6.36. The predicted octanol–water partition coefficient (Wildman–Crippen LogP) is 3.64. The van der Waals surface area contributed by atoms with E-state index in [9.17, 15) is 9.18 Å². The third-order valence-corrected chi connectivity index (χ3v) is 3.95. The third-order valence-electron chi connectivity index (χ3n) is 3.64. The Labute approximate surface area is 121 Å². The number of benzene rings is 1. The molecule has 3 rings (SSSR count). The molecule has 0 spiro atoms. The molecule has 0 aliphatic carbocycles. The highest BCUT2D eigenvalue weighted by atomic mass is 35.5. The SMILES string of the molecule is CC(=O)c1cc(Cl)c2cccnc2c1N1CCC(F)C1. The molecule has 1 saturated heterocycles. The number of hydrogen-bond acceptors (Lipinski definition) is 3. The summed E-state index contributed by atoms with van der Waals surface area (Å²) in [5, 5.41) is 1.29. The number of carbonyl (C=O) groups is 1. The highest BCUT2D eigenvalue weighted by Gasteiger charge is 2.27. The van der Waals surface area contributed by atoms with Gasteiger partial charge in [-0.1, -0.05) is 11.6 Å². The van der Waals surface area contributed by atoms with Gasteiger partial charge in [0.2, 0.25) is 0 Å². The van der Waals surface area contributed by atoms with Gasteiger partial charge in [-0.15, -0.1) is 0 Å². The van der Waals surface area contributed by atoms with E-state index in [2.05, 4.69) is 4.98 Å². The topological polar surface area (TPSA) is 33.2 Å². The minimum Gasteiger partial charge on any atom is -0.366 e. The second-order valence-corrected chi connectivity index (χ2v) is 5.45. The van der Waals surface area contributed by atoms with E-state index in [1.807, 2.05) is 11.0 Å². The van der Waals surface area contributed by atoms with Crippen LogP contribution >= 0.6 is 11.6 Å². The summed E-state index contributed by atoms with van der Waals surface area (Å²) in [5.41, 5.74) is 1.88. The number of rotatable bonds is 2. The summed E-state index contributed by atoms with van der Waals surface area (Å²) < 4.78 is 13.5. The van der Waals surface area contributed by atoms with E-state index in [0.717, 1.165) is 5.39 Å². The van der Waals surface area contributed by atoms with Gasteiger partial charge in [0.15, 0.2) is 5.78 Å². The summed E-state index contributed by atoms with van der Waals surface area (Å²) in [7, 11) is 0. The number of halogens is 2. The minimum absolute atomic E-state index is 0.0863. The van der Waals surface area contributed by atoms with Crippen molar-refractivity contribution < 1.29 is 9.18 Å². The van der Waals surface area contributed by atoms with Crippen LogP contribution in [0.1, 0.15) is 23.7 Å². The Hall–Kier alpha value is -1.68. The van der Waals surface area contributed by atoms with Crippen LogP contribution in [0.15, 0.2) is 24.4 Å². The van der Waals surface area contributed by atoms with E-state index < -0.39 is 6.17 Å². The van der Waals surface area contributed by atoms with Crippen molar-refractivity contribution in [3.8, 4) is 0 Å². The van der Waals surface area contributed by atoms with Crippen molar-refractivity contribution >= 4 is 34.0 Å². The molecular weight excluding hydrogens is 279 g/mol. The molecule has 2 aromatic rings. The quantitative estimate of drug-likeness (QED) is 0.792. The molecule has 0 N–H and O–H groups in total. The van der Waals surface area contributed by atoms with Gasteiger partial charge < -0.3 is 4.90 Å². The average molecular weight is 293 g/mol. The maximum atomic E-state index is 13.5. The summed E-state index contributed by atoms with van der Waals surface area (Å²) in [6.07, 6.45) is 1.29. The number of ketones is 1. The number of alkyl halides is 1. The van der Waals surface area contributed by atoms with Crippen LogP contribution in [0.4, 0.5) is 10.1 Å². The Balaban J connectivity index is 2.28. The third kappa shape index (κ3) is 2.14. The molecule has 1 fully saturated rings. The number of carbonyl (C=O) groups excluding carboxylic acids is 1. The van der Waals surface area contributed by atoms with Gasteiger partial charge in [-0.25, -0.2) is 4.39 Å². The Morgan fingerprint density at radius 2 is 2.35 bits per heavy atom. The lowest BCUT2D eigenvalue weighted by atomic mass is 10.0. The van der Waals surface area contributed by atoms with Crippen LogP contribution in [0, 0.1) is 0 Å². The second kappa shape index (κ2) is 5.02. The molecule has 2 heterocycles. The van der Waals surface area contributed by atoms with Gasteiger partial charge in [-0.3, -0.25) is 9.78 Å². The first-order valence-corrected chi connectivity index (χ1v) is 6.93. The van der Waals surface area contributed by atoms with Crippen LogP contribution in [0.3, 0.4) is 0 Å². The van der Waals surface area contributed by atoms with Crippen LogP contribution in [-0.4, -0.2) is 30.0 Å². The minimum atomic E-state index is -0.857. The lowest BCUT2D eigenvalue weighted by Crippen LogP contribution is -2.23. The summed E-state index contributed by atoms with van der Waals surface area (Å²) in [4.78, 5) is 18.1. The molecule has 20 heavy (non-hydrogen) atoms. The summed E-state index contributed by atoms with van der Waals surface area (Å²) in [6, 6.07) is 5.32.